The summed E-state index contributed by atoms with van der Waals surface area (Å²) in [5, 5.41) is 10.9. The van der Waals surface area contributed by atoms with Crippen LogP contribution in [0, 0.1) is 0 Å². The first-order valence-electron chi connectivity index (χ1n) is 35.1. The van der Waals surface area contributed by atoms with Crippen molar-refractivity contribution < 1.29 is 8.83 Å². The molecule has 486 valence electrons. The van der Waals surface area contributed by atoms with E-state index in [4.69, 9.17) is 38.7 Å². The molecule has 0 unspecified atom stereocenters. The van der Waals surface area contributed by atoms with Gasteiger partial charge in [-0.2, -0.15) is 0 Å². The Morgan fingerprint density at radius 1 is 0.240 bits per heavy atom. The zero-order valence-corrected chi connectivity index (χ0v) is 57.2. The topological polar surface area (TPSA) is 104 Å². The van der Waals surface area contributed by atoms with Gasteiger partial charge in [-0.25, -0.2) is 29.9 Å². The average molecular weight is 1350 g/mol. The first kappa shape index (κ1) is 59.5. The number of rotatable bonds is 10. The quantitative estimate of drug-likeness (QED) is 0.133. The Hall–Kier alpha value is -13.3. The van der Waals surface area contributed by atoms with Crippen molar-refractivity contribution in [2.75, 3.05) is 0 Å². The van der Waals surface area contributed by atoms with Crippen LogP contribution < -0.4 is 0 Å². The second-order valence-electron chi connectivity index (χ2n) is 27.6. The van der Waals surface area contributed by atoms with Crippen molar-refractivity contribution in [3.63, 3.8) is 0 Å². The summed E-state index contributed by atoms with van der Waals surface area (Å²) in [6.45, 7) is 4.61. The Labute approximate surface area is 601 Å². The summed E-state index contributed by atoms with van der Waals surface area (Å²) in [6.07, 6.45) is 0. The summed E-state index contributed by atoms with van der Waals surface area (Å²) in [4.78, 5) is 31.8. The predicted molar refractivity (Wildman–Crippen MR) is 428 cm³/mol. The second-order valence-corrected chi connectivity index (χ2v) is 28.7. The molecule has 104 heavy (non-hydrogen) atoms. The van der Waals surface area contributed by atoms with E-state index in [1.807, 2.05) is 47.7 Å². The van der Waals surface area contributed by atoms with Crippen molar-refractivity contribution in [2.45, 2.75) is 19.3 Å². The van der Waals surface area contributed by atoms with Crippen LogP contribution in [0.2, 0.25) is 0 Å². The SMILES string of the molecule is CC1(C)c2ccccc2-c2ccc(-c3nc(-c4cccc(-c5ccc(-c6cccc(-c7nc(-c8ccccc8)nc(-c8cccc9c8ccc8c%10ccc(-c%11cccc%12c%11sc%11ccccc%11%12)cc%10oc98)n7)c6)cc5)c4)nc(-c4ccc5c(ccc6c7ccc(-c8ccccc8)cc7oc56)c4)n3)cc21. The van der Waals surface area contributed by atoms with Gasteiger partial charge in [0.2, 0.25) is 0 Å². The summed E-state index contributed by atoms with van der Waals surface area (Å²) in [7, 11) is 0. The first-order valence-corrected chi connectivity index (χ1v) is 35.9. The van der Waals surface area contributed by atoms with Gasteiger partial charge in [0.05, 0.1) is 0 Å². The number of aromatic nitrogens is 6. The molecule has 0 atom stereocenters. The maximum Gasteiger partial charge on any atom is 0.164 e. The summed E-state index contributed by atoms with van der Waals surface area (Å²) < 4.78 is 16.2. The molecule has 1 aliphatic carbocycles. The van der Waals surface area contributed by atoms with Crippen molar-refractivity contribution in [1.82, 2.24) is 29.9 Å². The minimum atomic E-state index is -0.210. The third-order valence-corrected chi connectivity index (χ3v) is 22.4. The van der Waals surface area contributed by atoms with Gasteiger partial charge in [-0.1, -0.05) is 257 Å². The molecule has 8 nitrogen and oxygen atoms in total. The van der Waals surface area contributed by atoms with E-state index in [0.29, 0.717) is 34.9 Å². The molecule has 5 aromatic heterocycles. The third kappa shape index (κ3) is 9.73. The monoisotopic (exact) mass is 1350 g/mol. The molecule has 0 spiro atoms. The fourth-order valence-electron chi connectivity index (χ4n) is 15.9. The van der Waals surface area contributed by atoms with Gasteiger partial charge in [-0.15, -0.1) is 11.3 Å². The second kappa shape index (κ2) is 23.4. The molecule has 21 rings (SSSR count). The molecular formula is C95H58N6O2S. The van der Waals surface area contributed by atoms with Gasteiger partial charge in [0, 0.05) is 91.3 Å². The lowest BCUT2D eigenvalue weighted by Gasteiger charge is -2.21. The summed E-state index contributed by atoms with van der Waals surface area (Å²) in [5.74, 6) is 3.51. The van der Waals surface area contributed by atoms with Crippen molar-refractivity contribution in [3.8, 4) is 124 Å². The third-order valence-electron chi connectivity index (χ3n) is 21.2. The molecule has 0 bridgehead atoms. The summed E-state index contributed by atoms with van der Waals surface area (Å²) in [5.41, 5.74) is 22.4. The zero-order chi connectivity index (χ0) is 68.7. The first-order chi connectivity index (χ1) is 51.2. The van der Waals surface area contributed by atoms with Crippen LogP contribution in [-0.2, 0) is 5.41 Å². The molecule has 1 aliphatic rings. The lowest BCUT2D eigenvalue weighted by molar-refractivity contribution is 0.660. The minimum absolute atomic E-state index is 0.210. The van der Waals surface area contributed by atoms with E-state index in [1.165, 1.54) is 48.0 Å². The highest BCUT2D eigenvalue weighted by molar-refractivity contribution is 7.26. The lowest BCUT2D eigenvalue weighted by Crippen LogP contribution is -2.15. The van der Waals surface area contributed by atoms with Crippen LogP contribution in [0.4, 0.5) is 0 Å². The molecule has 0 aliphatic heterocycles. The van der Waals surface area contributed by atoms with Gasteiger partial charge in [0.25, 0.3) is 0 Å². The smallest absolute Gasteiger partial charge is 0.164 e. The Bertz CT molecular complexity index is 6950. The van der Waals surface area contributed by atoms with E-state index in [0.717, 1.165) is 138 Å². The Balaban J connectivity index is 0.613. The molecule has 0 radical (unpaired) electrons. The van der Waals surface area contributed by atoms with E-state index >= 15 is 0 Å². The van der Waals surface area contributed by atoms with Gasteiger partial charge in [0.15, 0.2) is 34.9 Å². The summed E-state index contributed by atoms with van der Waals surface area (Å²) in [6, 6.07) is 112. The van der Waals surface area contributed by atoms with Gasteiger partial charge < -0.3 is 8.83 Å². The van der Waals surface area contributed by atoms with Crippen LogP contribution in [0.15, 0.2) is 324 Å². The molecule has 5 heterocycles. The van der Waals surface area contributed by atoms with E-state index in [9.17, 15) is 0 Å². The molecule has 20 aromatic rings. The Morgan fingerprint density at radius 3 is 1.36 bits per heavy atom. The van der Waals surface area contributed by atoms with Gasteiger partial charge in [0.1, 0.15) is 22.3 Å². The lowest BCUT2D eigenvalue weighted by atomic mass is 9.82. The molecule has 15 aromatic carbocycles. The molecule has 0 amide bonds. The van der Waals surface area contributed by atoms with Gasteiger partial charge in [-0.05, 0) is 150 Å². The molecule has 0 saturated carbocycles. The van der Waals surface area contributed by atoms with Crippen LogP contribution in [-0.4, -0.2) is 29.9 Å². The van der Waals surface area contributed by atoms with E-state index in [2.05, 4.69) is 293 Å². The molecular weight excluding hydrogens is 1290 g/mol. The largest absolute Gasteiger partial charge is 0.455 e. The van der Waals surface area contributed by atoms with Crippen LogP contribution in [0.25, 0.3) is 210 Å². The average Bonchev–Trinajstić information content (AvgIpc) is 1.56. The number of furan rings is 2. The number of thiophene rings is 1. The number of hydrogen-bond acceptors (Lipinski definition) is 9. The van der Waals surface area contributed by atoms with Gasteiger partial charge in [-0.3, -0.25) is 0 Å². The fourth-order valence-corrected chi connectivity index (χ4v) is 17.2. The molecule has 0 N–H and O–H groups in total. The highest BCUT2D eigenvalue weighted by Gasteiger charge is 2.36. The number of hydrogen-bond donors (Lipinski definition) is 0. The maximum absolute atomic E-state index is 6.92. The van der Waals surface area contributed by atoms with Crippen LogP contribution in [0.1, 0.15) is 25.0 Å². The Kier molecular flexibility index (Phi) is 13.4. The van der Waals surface area contributed by atoms with Gasteiger partial charge >= 0.3 is 0 Å². The Morgan fingerprint density at radius 2 is 0.654 bits per heavy atom. The number of nitrogens with zero attached hydrogens (tertiary/aromatic N) is 6. The van der Waals surface area contributed by atoms with E-state index in [1.54, 1.807) is 0 Å². The van der Waals surface area contributed by atoms with E-state index < -0.39 is 0 Å². The minimum Gasteiger partial charge on any atom is -0.455 e. The van der Waals surface area contributed by atoms with Crippen LogP contribution in [0.5, 0.6) is 0 Å². The molecule has 0 saturated heterocycles. The normalized spacial score (nSPS) is 12.6. The van der Waals surface area contributed by atoms with Crippen molar-refractivity contribution >= 4 is 96.9 Å². The van der Waals surface area contributed by atoms with Crippen molar-refractivity contribution in [3.05, 3.63) is 327 Å². The number of benzene rings is 15. The fraction of sp³-hybridized carbons (Fsp3) is 0.0316. The maximum atomic E-state index is 6.92. The summed E-state index contributed by atoms with van der Waals surface area (Å²) >= 11 is 1.84. The highest BCUT2D eigenvalue weighted by Crippen LogP contribution is 2.50. The number of fused-ring (bicyclic) bond motifs is 16. The molecule has 9 heteroatoms. The zero-order valence-electron chi connectivity index (χ0n) is 56.4. The van der Waals surface area contributed by atoms with Crippen LogP contribution in [0.3, 0.4) is 0 Å². The standard InChI is InChI=1S/C95H58N6O2S/c1-95(2)81-31-11-9-25-71(81)72-43-41-67(52-82(72)95)93-98-90(97-92(99-93)66-40-42-68-62(51-66)39-46-77-73-44-37-61(53-83(73)102-86(68)77)55-17-5-3-6-18-55)64-23-13-21-59(49-64)56-33-35-57(36-34-56)60-22-14-24-65(50-60)91-96-89(58-19-7-4-8-20-58)100-94(101-91)80-30-16-28-76-70(80)47-48-78-74-45-38-63(54-84(74)103-87(76)78)69-27-15-29-79-75-26-10-12-32-85(75)104-88(69)79/h3-54H,1-2H3. The molecule has 0 fully saturated rings. The van der Waals surface area contributed by atoms with E-state index in [-0.39, 0.29) is 5.41 Å². The van der Waals surface area contributed by atoms with Crippen LogP contribution >= 0.6 is 11.3 Å². The van der Waals surface area contributed by atoms with Crippen molar-refractivity contribution in [1.29, 1.82) is 0 Å². The highest BCUT2D eigenvalue weighted by atomic mass is 32.1. The predicted octanol–water partition coefficient (Wildman–Crippen LogP) is 25.5. The van der Waals surface area contributed by atoms with Crippen molar-refractivity contribution in [2.24, 2.45) is 0 Å².